The summed E-state index contributed by atoms with van der Waals surface area (Å²) in [6, 6.07) is 7.70. The Hall–Kier alpha value is -0.620. The minimum Gasteiger partial charge on any atom is -0.297 e. The molecule has 1 aromatic rings. The summed E-state index contributed by atoms with van der Waals surface area (Å²) in [6.07, 6.45) is 0.480. The third-order valence-electron chi connectivity index (χ3n) is 2.37. The van der Waals surface area contributed by atoms with Crippen LogP contribution >= 0.6 is 10.7 Å². The van der Waals surface area contributed by atoms with Crippen LogP contribution in [0.4, 0.5) is 0 Å². The van der Waals surface area contributed by atoms with Gasteiger partial charge in [-0.05, 0) is 17.5 Å². The average molecular weight is 247 g/mol. The van der Waals surface area contributed by atoms with Crippen LogP contribution < -0.4 is 10.0 Å². The van der Waals surface area contributed by atoms with Gasteiger partial charge in [0.15, 0.2) is 0 Å². The minimum atomic E-state index is -3.71. The van der Waals surface area contributed by atoms with Crippen LogP contribution in [0.5, 0.6) is 0 Å². The van der Waals surface area contributed by atoms with Gasteiger partial charge in [-0.2, -0.15) is 13.1 Å². The van der Waals surface area contributed by atoms with Crippen LogP contribution in [-0.2, 0) is 15.7 Å². The fraction of sp³-hybridized carbons (Fsp3) is 0.333. The van der Waals surface area contributed by atoms with E-state index in [0.717, 1.165) is 24.1 Å². The zero-order valence-electron chi connectivity index (χ0n) is 7.90. The molecule has 15 heavy (non-hydrogen) atoms. The maximum absolute atomic E-state index is 10.9. The van der Waals surface area contributed by atoms with Gasteiger partial charge in [-0.25, -0.2) is 0 Å². The van der Waals surface area contributed by atoms with Crippen LogP contribution in [0.1, 0.15) is 17.3 Å². The monoisotopic (exact) mass is 246 g/mol. The molecule has 0 amide bonds. The van der Waals surface area contributed by atoms with Crippen LogP contribution in [0, 0.1) is 0 Å². The van der Waals surface area contributed by atoms with Crippen molar-refractivity contribution in [2.75, 3.05) is 6.54 Å². The highest BCUT2D eigenvalue weighted by molar-refractivity contribution is 8.12. The first-order valence-electron chi connectivity index (χ1n) is 4.59. The molecule has 0 aliphatic carbocycles. The Morgan fingerprint density at radius 3 is 2.87 bits per heavy atom. The Morgan fingerprint density at radius 1 is 1.40 bits per heavy atom. The van der Waals surface area contributed by atoms with Gasteiger partial charge in [-0.3, -0.25) is 5.32 Å². The SMILES string of the molecule is O=S(=O)(Cl)NC1NCCc2ccccc21. The molecule has 0 saturated carbocycles. The lowest BCUT2D eigenvalue weighted by Crippen LogP contribution is -2.40. The van der Waals surface area contributed by atoms with Crippen molar-refractivity contribution in [1.29, 1.82) is 0 Å². The van der Waals surface area contributed by atoms with Gasteiger partial charge >= 0.3 is 0 Å². The lowest BCUT2D eigenvalue weighted by atomic mass is 9.99. The van der Waals surface area contributed by atoms with Crippen LogP contribution in [0.15, 0.2) is 24.3 Å². The molecule has 0 aromatic heterocycles. The van der Waals surface area contributed by atoms with Gasteiger partial charge in [0, 0.05) is 17.2 Å². The quantitative estimate of drug-likeness (QED) is 0.763. The number of benzene rings is 1. The predicted molar refractivity (Wildman–Crippen MR) is 58.8 cm³/mol. The van der Waals surface area contributed by atoms with Crippen molar-refractivity contribution in [2.24, 2.45) is 0 Å². The second kappa shape index (κ2) is 4.09. The molecule has 1 aromatic carbocycles. The second-order valence-electron chi connectivity index (χ2n) is 3.39. The highest BCUT2D eigenvalue weighted by Gasteiger charge is 2.22. The molecular weight excluding hydrogens is 236 g/mol. The van der Waals surface area contributed by atoms with Crippen LogP contribution in [0.3, 0.4) is 0 Å². The zero-order valence-corrected chi connectivity index (χ0v) is 9.48. The summed E-state index contributed by atoms with van der Waals surface area (Å²) in [7, 11) is 1.45. The summed E-state index contributed by atoms with van der Waals surface area (Å²) < 4.78 is 24.2. The minimum absolute atomic E-state index is 0.419. The molecule has 0 saturated heterocycles. The second-order valence-corrected chi connectivity index (χ2v) is 5.72. The normalized spacial score (nSPS) is 21.0. The van der Waals surface area contributed by atoms with Crippen molar-refractivity contribution in [1.82, 2.24) is 10.0 Å². The number of nitrogens with one attached hydrogen (secondary N) is 2. The molecule has 1 atom stereocenters. The molecule has 0 bridgehead atoms. The van der Waals surface area contributed by atoms with E-state index in [-0.39, 0.29) is 0 Å². The smallest absolute Gasteiger partial charge is 0.297 e. The number of hydrogen-bond acceptors (Lipinski definition) is 3. The molecule has 2 N–H and O–H groups in total. The molecule has 4 nitrogen and oxygen atoms in total. The zero-order chi connectivity index (χ0) is 10.9. The van der Waals surface area contributed by atoms with Gasteiger partial charge in [0.25, 0.3) is 9.24 Å². The fourth-order valence-electron chi connectivity index (χ4n) is 1.75. The van der Waals surface area contributed by atoms with E-state index in [1.807, 2.05) is 24.3 Å². The van der Waals surface area contributed by atoms with Crippen molar-refractivity contribution in [3.05, 3.63) is 35.4 Å². The van der Waals surface area contributed by atoms with Gasteiger partial charge in [0.2, 0.25) is 0 Å². The number of hydrogen-bond donors (Lipinski definition) is 2. The Bertz CT molecular complexity index is 461. The van der Waals surface area contributed by atoms with Gasteiger partial charge in [-0.15, -0.1) is 0 Å². The Balaban J connectivity index is 2.30. The van der Waals surface area contributed by atoms with E-state index >= 15 is 0 Å². The molecule has 1 heterocycles. The van der Waals surface area contributed by atoms with E-state index in [0.29, 0.717) is 0 Å². The molecule has 1 unspecified atom stereocenters. The maximum Gasteiger partial charge on any atom is 0.298 e. The molecule has 0 fully saturated rings. The number of fused-ring (bicyclic) bond motifs is 1. The van der Waals surface area contributed by atoms with Crippen LogP contribution in [0.25, 0.3) is 0 Å². The van der Waals surface area contributed by atoms with Crippen LogP contribution in [-0.4, -0.2) is 15.0 Å². The van der Waals surface area contributed by atoms with Gasteiger partial charge in [0.05, 0.1) is 6.17 Å². The molecule has 1 aliphatic heterocycles. The van der Waals surface area contributed by atoms with Crippen molar-refractivity contribution < 1.29 is 8.42 Å². The predicted octanol–water partition coefficient (Wildman–Crippen LogP) is 0.904. The van der Waals surface area contributed by atoms with Gasteiger partial charge < -0.3 is 0 Å². The van der Waals surface area contributed by atoms with E-state index in [9.17, 15) is 8.42 Å². The summed E-state index contributed by atoms with van der Waals surface area (Å²) in [5.41, 5.74) is 2.09. The van der Waals surface area contributed by atoms with Gasteiger partial charge in [0.1, 0.15) is 0 Å². The van der Waals surface area contributed by atoms with E-state index in [2.05, 4.69) is 10.0 Å². The van der Waals surface area contributed by atoms with Crippen molar-refractivity contribution in [3.8, 4) is 0 Å². The van der Waals surface area contributed by atoms with Gasteiger partial charge in [-0.1, -0.05) is 24.3 Å². The van der Waals surface area contributed by atoms with E-state index in [1.165, 1.54) is 0 Å². The number of rotatable bonds is 2. The van der Waals surface area contributed by atoms with Crippen molar-refractivity contribution in [3.63, 3.8) is 0 Å². The highest BCUT2D eigenvalue weighted by atomic mass is 35.7. The Kier molecular flexibility index (Phi) is 2.97. The van der Waals surface area contributed by atoms with Crippen LogP contribution in [0.2, 0.25) is 0 Å². The fourth-order valence-corrected chi connectivity index (χ4v) is 2.51. The average Bonchev–Trinajstić information content (AvgIpc) is 2.16. The topological polar surface area (TPSA) is 58.2 Å². The van der Waals surface area contributed by atoms with E-state index in [4.69, 9.17) is 10.7 Å². The lowest BCUT2D eigenvalue weighted by molar-refractivity contribution is 0.475. The first kappa shape index (κ1) is 10.9. The molecule has 2 rings (SSSR count). The Labute approximate surface area is 93.2 Å². The molecule has 6 heteroatoms. The first-order valence-corrected chi connectivity index (χ1v) is 6.90. The van der Waals surface area contributed by atoms with Crippen molar-refractivity contribution in [2.45, 2.75) is 12.6 Å². The first-order chi connectivity index (χ1) is 7.06. The largest absolute Gasteiger partial charge is 0.298 e. The molecule has 0 radical (unpaired) electrons. The Morgan fingerprint density at radius 2 is 2.13 bits per heavy atom. The summed E-state index contributed by atoms with van der Waals surface area (Å²) in [5, 5.41) is 3.06. The van der Waals surface area contributed by atoms with E-state index < -0.39 is 15.4 Å². The summed E-state index contributed by atoms with van der Waals surface area (Å²) in [5.74, 6) is 0. The van der Waals surface area contributed by atoms with E-state index in [1.54, 1.807) is 0 Å². The molecule has 1 aliphatic rings. The molecule has 0 spiro atoms. The summed E-state index contributed by atoms with van der Waals surface area (Å²) >= 11 is 0. The standard InChI is InChI=1S/C9H11ClN2O2S/c10-15(13,14)12-9-8-4-2-1-3-7(8)5-6-11-9/h1-4,9,11-12H,5-6H2. The summed E-state index contributed by atoms with van der Waals surface area (Å²) in [4.78, 5) is 0. The number of halogens is 1. The molecule has 82 valence electrons. The maximum atomic E-state index is 10.9. The third-order valence-corrected chi connectivity index (χ3v) is 3.15. The third kappa shape index (κ3) is 2.69. The lowest BCUT2D eigenvalue weighted by Gasteiger charge is -2.26. The summed E-state index contributed by atoms with van der Waals surface area (Å²) in [6.45, 7) is 0.737. The van der Waals surface area contributed by atoms with Crippen molar-refractivity contribution >= 4 is 19.9 Å². The highest BCUT2D eigenvalue weighted by Crippen LogP contribution is 2.21. The molecular formula is C9H11ClN2O2S.